The molecule has 0 atom stereocenters. The Balaban J connectivity index is 2.25. The molecule has 0 amide bonds. The summed E-state index contributed by atoms with van der Waals surface area (Å²) in [4.78, 5) is 0. The highest BCUT2D eigenvalue weighted by atomic mass is 16.3. The third kappa shape index (κ3) is 1.71. The summed E-state index contributed by atoms with van der Waals surface area (Å²) in [5, 5.41) is 0.314. The second kappa shape index (κ2) is 4.24. The number of fused-ring (bicyclic) bond motifs is 3. The molecule has 20 heavy (non-hydrogen) atoms. The van der Waals surface area contributed by atoms with Gasteiger partial charge in [-0.25, -0.2) is 0 Å². The van der Waals surface area contributed by atoms with Gasteiger partial charge >= 0.3 is 0 Å². The van der Waals surface area contributed by atoms with Crippen LogP contribution in [-0.4, -0.2) is 0 Å². The Morgan fingerprint density at radius 1 is 0.800 bits per heavy atom. The molecule has 96 valence electrons. The van der Waals surface area contributed by atoms with E-state index in [1.807, 2.05) is 6.07 Å². The second-order valence-corrected chi connectivity index (χ2v) is 4.63. The summed E-state index contributed by atoms with van der Waals surface area (Å²) < 4.78 is 55.6. The summed E-state index contributed by atoms with van der Waals surface area (Å²) in [6, 6.07) is 8.32. The quantitative estimate of drug-likeness (QED) is 0.438. The van der Waals surface area contributed by atoms with Crippen LogP contribution in [0.15, 0.2) is 71.0 Å². The van der Waals surface area contributed by atoms with Gasteiger partial charge in [0.2, 0.25) is 0 Å². The lowest BCUT2D eigenvalue weighted by Gasteiger charge is -2.00. The molecule has 3 aromatic carbocycles. The predicted molar refractivity (Wildman–Crippen MR) is 83.9 cm³/mol. The first kappa shape index (κ1) is 6.76. The fraction of sp³-hybridized carbons (Fsp3) is 0.0526. The molecule has 1 heteroatoms. The topological polar surface area (TPSA) is 13.1 Å². The number of rotatable bonds is 1. The van der Waals surface area contributed by atoms with Gasteiger partial charge in [0.1, 0.15) is 11.2 Å². The molecule has 1 nitrogen and oxygen atoms in total. The summed E-state index contributed by atoms with van der Waals surface area (Å²) in [5.74, 6) is 0. The van der Waals surface area contributed by atoms with Gasteiger partial charge in [0.25, 0.3) is 0 Å². The van der Waals surface area contributed by atoms with Crippen LogP contribution in [0.25, 0.3) is 33.1 Å². The summed E-state index contributed by atoms with van der Waals surface area (Å²) in [6.07, 6.45) is 0. The molecule has 4 rings (SSSR count). The summed E-state index contributed by atoms with van der Waals surface area (Å²) in [6.45, 7) is 1.57. The fourth-order valence-electron chi connectivity index (χ4n) is 2.22. The van der Waals surface area contributed by atoms with Gasteiger partial charge in [-0.1, -0.05) is 48.5 Å². The maximum absolute atomic E-state index is 8.53. The van der Waals surface area contributed by atoms with Crippen molar-refractivity contribution in [2.75, 3.05) is 0 Å². The lowest BCUT2D eigenvalue weighted by Crippen LogP contribution is -1.76. The Morgan fingerprint density at radius 2 is 1.50 bits per heavy atom. The van der Waals surface area contributed by atoms with Crippen LogP contribution in [0.4, 0.5) is 0 Å². The SMILES string of the molecule is [2H]c1c(C)c([2H])c2oc3c([2H])c(-c4ccccc4)c([2H])c([2H])c3c2c1[2H]. The maximum atomic E-state index is 8.53. The van der Waals surface area contributed by atoms with Gasteiger partial charge in [0, 0.05) is 10.8 Å². The third-order valence-electron chi connectivity index (χ3n) is 3.20. The molecule has 0 aliphatic carbocycles. The minimum absolute atomic E-state index is 0.0243. The van der Waals surface area contributed by atoms with E-state index in [0.29, 0.717) is 11.1 Å². The highest BCUT2D eigenvalue weighted by Crippen LogP contribution is 2.32. The van der Waals surface area contributed by atoms with E-state index in [2.05, 4.69) is 0 Å². The molecule has 0 spiro atoms. The standard InChI is InChI=1S/C19H14O/c1-13-7-9-16-17-10-8-15(14-5-3-2-4-6-14)12-19(17)20-18(16)11-13/h2-12H,1H3/i7D,8D,9D,10D,11D,12D. The van der Waals surface area contributed by atoms with Crippen LogP contribution in [0.5, 0.6) is 0 Å². The van der Waals surface area contributed by atoms with Crippen molar-refractivity contribution in [1.29, 1.82) is 0 Å². The highest BCUT2D eigenvalue weighted by Gasteiger charge is 2.08. The predicted octanol–water partition coefficient (Wildman–Crippen LogP) is 5.56. The van der Waals surface area contributed by atoms with Crippen LogP contribution in [0.3, 0.4) is 0 Å². The molecule has 0 bridgehead atoms. The molecule has 0 aliphatic rings. The minimum Gasteiger partial charge on any atom is -0.456 e. The Labute approximate surface area is 125 Å². The van der Waals surface area contributed by atoms with E-state index in [0.717, 1.165) is 0 Å². The molecule has 0 radical (unpaired) electrons. The largest absolute Gasteiger partial charge is 0.456 e. The number of hydrogen-bond acceptors (Lipinski definition) is 1. The van der Waals surface area contributed by atoms with Crippen LogP contribution in [0, 0.1) is 6.92 Å². The van der Waals surface area contributed by atoms with Gasteiger partial charge in [0.15, 0.2) is 0 Å². The smallest absolute Gasteiger partial charge is 0.136 e. The Kier molecular flexibility index (Phi) is 1.43. The molecule has 0 saturated carbocycles. The van der Waals surface area contributed by atoms with E-state index in [-0.39, 0.29) is 63.8 Å². The lowest BCUT2D eigenvalue weighted by atomic mass is 10.0. The van der Waals surface area contributed by atoms with Crippen molar-refractivity contribution in [3.8, 4) is 11.1 Å². The van der Waals surface area contributed by atoms with Crippen LogP contribution in [0.1, 0.15) is 13.8 Å². The zero-order valence-corrected chi connectivity index (χ0v) is 10.8. The van der Waals surface area contributed by atoms with Crippen molar-refractivity contribution >= 4 is 21.9 Å². The van der Waals surface area contributed by atoms with Gasteiger partial charge in [-0.15, -0.1) is 0 Å². The highest BCUT2D eigenvalue weighted by molar-refractivity contribution is 6.06. The van der Waals surface area contributed by atoms with E-state index in [1.165, 1.54) is 0 Å². The fourth-order valence-corrected chi connectivity index (χ4v) is 2.22. The van der Waals surface area contributed by atoms with Gasteiger partial charge in [-0.05, 0) is 41.7 Å². The number of furan rings is 1. The van der Waals surface area contributed by atoms with Crippen LogP contribution in [-0.2, 0) is 0 Å². The van der Waals surface area contributed by atoms with Crippen LogP contribution < -0.4 is 0 Å². The van der Waals surface area contributed by atoms with Crippen molar-refractivity contribution in [2.45, 2.75) is 6.92 Å². The van der Waals surface area contributed by atoms with E-state index in [1.54, 1.807) is 31.2 Å². The van der Waals surface area contributed by atoms with Gasteiger partial charge in [-0.3, -0.25) is 0 Å². The van der Waals surface area contributed by atoms with E-state index in [4.69, 9.17) is 12.6 Å². The van der Waals surface area contributed by atoms with E-state index in [9.17, 15) is 0 Å². The Hall–Kier alpha value is -2.54. The van der Waals surface area contributed by atoms with Crippen molar-refractivity contribution in [2.24, 2.45) is 0 Å². The zero-order valence-electron chi connectivity index (χ0n) is 16.8. The molecule has 0 aliphatic heterocycles. The first-order valence-corrected chi connectivity index (χ1v) is 6.32. The third-order valence-corrected chi connectivity index (χ3v) is 3.20. The summed E-state index contributed by atoms with van der Waals surface area (Å²) in [5.41, 5.74) is 1.39. The summed E-state index contributed by atoms with van der Waals surface area (Å²) in [7, 11) is 0. The average Bonchev–Trinajstić information content (AvgIpc) is 3.05. The second-order valence-electron chi connectivity index (χ2n) is 4.63. The molecular formula is C19H14O. The van der Waals surface area contributed by atoms with Crippen molar-refractivity contribution in [3.05, 3.63) is 72.1 Å². The molecule has 0 unspecified atom stereocenters. The zero-order chi connectivity index (χ0) is 18.7. The Bertz CT molecular complexity index is 1190. The molecular weight excluding hydrogens is 244 g/mol. The molecule has 1 aromatic heterocycles. The first-order chi connectivity index (χ1) is 12.3. The Morgan fingerprint density at radius 3 is 2.30 bits per heavy atom. The number of hydrogen-bond donors (Lipinski definition) is 0. The lowest BCUT2D eigenvalue weighted by molar-refractivity contribution is 0.668. The van der Waals surface area contributed by atoms with E-state index < -0.39 is 0 Å². The molecule has 0 fully saturated rings. The maximum Gasteiger partial charge on any atom is 0.136 e. The van der Waals surface area contributed by atoms with Crippen molar-refractivity contribution in [3.63, 3.8) is 0 Å². The van der Waals surface area contributed by atoms with Crippen molar-refractivity contribution < 1.29 is 12.6 Å². The minimum atomic E-state index is -0.162. The normalized spacial score (nSPS) is 15.4. The molecule has 4 aromatic rings. The van der Waals surface area contributed by atoms with Crippen LogP contribution in [0.2, 0.25) is 0 Å². The average molecular weight is 264 g/mol. The van der Waals surface area contributed by atoms with Crippen LogP contribution >= 0.6 is 0 Å². The molecule has 1 heterocycles. The van der Waals surface area contributed by atoms with Gasteiger partial charge < -0.3 is 4.42 Å². The summed E-state index contributed by atoms with van der Waals surface area (Å²) >= 11 is 0. The first-order valence-electron chi connectivity index (χ1n) is 9.32. The van der Waals surface area contributed by atoms with Gasteiger partial charge in [0.05, 0.1) is 8.22 Å². The molecule has 0 N–H and O–H groups in total. The monoisotopic (exact) mass is 264 g/mol. The van der Waals surface area contributed by atoms with Gasteiger partial charge in [-0.2, -0.15) is 0 Å². The van der Waals surface area contributed by atoms with Crippen molar-refractivity contribution in [1.82, 2.24) is 0 Å². The number of benzene rings is 3. The van der Waals surface area contributed by atoms with E-state index >= 15 is 0 Å². The molecule has 0 saturated heterocycles.